The monoisotopic (exact) mass is 289 g/mol. The van der Waals surface area contributed by atoms with Crippen molar-refractivity contribution < 1.29 is 9.21 Å². The molecular formula is C14H19N5O2. The molecule has 0 aromatic carbocycles. The van der Waals surface area contributed by atoms with E-state index in [4.69, 9.17) is 4.42 Å². The molecule has 1 aliphatic heterocycles. The van der Waals surface area contributed by atoms with Crippen molar-refractivity contribution in [2.45, 2.75) is 32.4 Å². The summed E-state index contributed by atoms with van der Waals surface area (Å²) in [5.74, 6) is 1.87. The molecule has 3 heterocycles. The fourth-order valence-electron chi connectivity index (χ4n) is 2.65. The summed E-state index contributed by atoms with van der Waals surface area (Å²) in [4.78, 5) is 18.7. The van der Waals surface area contributed by atoms with Crippen LogP contribution in [0, 0.1) is 0 Å². The summed E-state index contributed by atoms with van der Waals surface area (Å²) >= 11 is 0. The highest BCUT2D eigenvalue weighted by Crippen LogP contribution is 2.17. The maximum absolute atomic E-state index is 12.1. The first-order valence-corrected chi connectivity index (χ1v) is 7.14. The summed E-state index contributed by atoms with van der Waals surface area (Å²) in [7, 11) is 0. The molecule has 2 aromatic heterocycles. The Hall–Kier alpha value is -2.15. The third-order valence-electron chi connectivity index (χ3n) is 3.70. The fraction of sp³-hybridized carbons (Fsp3) is 0.500. The Labute approximate surface area is 122 Å². The van der Waals surface area contributed by atoms with Crippen LogP contribution in [0.1, 0.15) is 19.7 Å². The number of H-pyrrole nitrogens is 1. The molecule has 7 nitrogen and oxygen atoms in total. The van der Waals surface area contributed by atoms with Crippen molar-refractivity contribution in [1.29, 1.82) is 0 Å². The molecule has 0 bridgehead atoms. The van der Waals surface area contributed by atoms with Crippen molar-refractivity contribution in [2.75, 3.05) is 13.1 Å². The Kier molecular flexibility index (Phi) is 3.74. The molecule has 0 saturated carbocycles. The van der Waals surface area contributed by atoms with Crippen molar-refractivity contribution >= 4 is 5.91 Å². The van der Waals surface area contributed by atoms with Crippen molar-refractivity contribution in [2.24, 2.45) is 0 Å². The lowest BCUT2D eigenvalue weighted by atomic mass is 10.1. The number of hydrogen-bond donors (Lipinski definition) is 2. The van der Waals surface area contributed by atoms with Crippen LogP contribution in [0.2, 0.25) is 0 Å². The highest BCUT2D eigenvalue weighted by Gasteiger charge is 2.32. The third kappa shape index (κ3) is 2.82. The van der Waals surface area contributed by atoms with E-state index in [0.29, 0.717) is 36.4 Å². The lowest BCUT2D eigenvalue weighted by molar-refractivity contribution is -0.130. The van der Waals surface area contributed by atoms with Gasteiger partial charge in [0.25, 0.3) is 0 Å². The quantitative estimate of drug-likeness (QED) is 0.870. The molecule has 1 saturated heterocycles. The second-order valence-corrected chi connectivity index (χ2v) is 5.43. The van der Waals surface area contributed by atoms with Crippen LogP contribution in [0.3, 0.4) is 0 Å². The first-order chi connectivity index (χ1) is 10.1. The van der Waals surface area contributed by atoms with Gasteiger partial charge in [0.2, 0.25) is 11.7 Å². The second kappa shape index (κ2) is 5.69. The van der Waals surface area contributed by atoms with Crippen LogP contribution >= 0.6 is 0 Å². The van der Waals surface area contributed by atoms with Crippen LogP contribution in [0.25, 0.3) is 11.6 Å². The van der Waals surface area contributed by atoms with E-state index in [1.54, 1.807) is 18.4 Å². The topological polar surface area (TPSA) is 87.1 Å². The molecule has 3 rings (SSSR count). The van der Waals surface area contributed by atoms with Crippen molar-refractivity contribution in [3.05, 3.63) is 24.2 Å². The molecule has 0 aliphatic carbocycles. The summed E-state index contributed by atoms with van der Waals surface area (Å²) in [6, 6.07) is 3.70. The molecule has 0 unspecified atom stereocenters. The van der Waals surface area contributed by atoms with E-state index in [1.807, 2.05) is 0 Å². The van der Waals surface area contributed by atoms with Crippen LogP contribution in [-0.4, -0.2) is 51.2 Å². The highest BCUT2D eigenvalue weighted by atomic mass is 16.3. The number of hydrogen-bond acceptors (Lipinski definition) is 5. The summed E-state index contributed by atoms with van der Waals surface area (Å²) in [5, 5.41) is 9.94. The van der Waals surface area contributed by atoms with E-state index in [-0.39, 0.29) is 11.9 Å². The minimum absolute atomic E-state index is 0.0471. The zero-order chi connectivity index (χ0) is 14.8. The second-order valence-electron chi connectivity index (χ2n) is 5.43. The Morgan fingerprint density at radius 1 is 1.52 bits per heavy atom. The number of carbonyl (C=O) groups excluding carboxylic acids is 1. The van der Waals surface area contributed by atoms with E-state index in [0.717, 1.165) is 6.54 Å². The van der Waals surface area contributed by atoms with E-state index >= 15 is 0 Å². The fourth-order valence-corrected chi connectivity index (χ4v) is 2.65. The predicted octanol–water partition coefficient (Wildman–Crippen LogP) is 0.816. The van der Waals surface area contributed by atoms with Crippen LogP contribution in [0.15, 0.2) is 22.8 Å². The molecule has 0 radical (unpaired) electrons. The van der Waals surface area contributed by atoms with E-state index < -0.39 is 0 Å². The molecular weight excluding hydrogens is 270 g/mol. The van der Waals surface area contributed by atoms with Gasteiger partial charge in [-0.15, -0.1) is 0 Å². The minimum Gasteiger partial charge on any atom is -0.461 e. The standard InChI is InChI=1S/C14H19N5O2/c1-9(2)19-6-5-15-14(20)10(19)8-12-16-13(18-17-12)11-4-3-7-21-11/h3-4,7,9-10H,5-6,8H2,1-2H3,(H,15,20)(H,16,17,18)/t10-/m0/s1. The number of amides is 1. The Balaban J connectivity index is 1.77. The average Bonchev–Trinajstić information content (AvgIpc) is 3.11. The molecule has 1 atom stereocenters. The van der Waals surface area contributed by atoms with Gasteiger partial charge in [0.1, 0.15) is 5.82 Å². The van der Waals surface area contributed by atoms with Crippen LogP contribution in [-0.2, 0) is 11.2 Å². The van der Waals surface area contributed by atoms with E-state index in [1.165, 1.54) is 0 Å². The zero-order valence-corrected chi connectivity index (χ0v) is 12.2. The van der Waals surface area contributed by atoms with E-state index in [9.17, 15) is 4.79 Å². The maximum atomic E-state index is 12.1. The average molecular weight is 289 g/mol. The normalized spacial score (nSPS) is 20.0. The summed E-state index contributed by atoms with van der Waals surface area (Å²) in [5.41, 5.74) is 0. The predicted molar refractivity (Wildman–Crippen MR) is 76.4 cm³/mol. The van der Waals surface area contributed by atoms with E-state index in [2.05, 4.69) is 39.2 Å². The van der Waals surface area contributed by atoms with Gasteiger partial charge in [-0.2, -0.15) is 5.10 Å². The lowest BCUT2D eigenvalue weighted by Gasteiger charge is -2.37. The van der Waals surface area contributed by atoms with Crippen LogP contribution < -0.4 is 5.32 Å². The molecule has 112 valence electrons. The Morgan fingerprint density at radius 3 is 3.10 bits per heavy atom. The molecule has 7 heteroatoms. The molecule has 21 heavy (non-hydrogen) atoms. The van der Waals surface area contributed by atoms with Gasteiger partial charge in [0, 0.05) is 25.6 Å². The minimum atomic E-state index is -0.212. The molecule has 1 aliphatic rings. The van der Waals surface area contributed by atoms with Gasteiger partial charge in [-0.25, -0.2) is 4.98 Å². The van der Waals surface area contributed by atoms with Gasteiger partial charge >= 0.3 is 0 Å². The summed E-state index contributed by atoms with van der Waals surface area (Å²) < 4.78 is 5.27. The Bertz CT molecular complexity index is 605. The van der Waals surface area contributed by atoms with Gasteiger partial charge < -0.3 is 9.73 Å². The largest absolute Gasteiger partial charge is 0.461 e. The summed E-state index contributed by atoms with van der Waals surface area (Å²) in [6.07, 6.45) is 2.10. The van der Waals surface area contributed by atoms with Gasteiger partial charge in [-0.1, -0.05) is 0 Å². The number of aromatic amines is 1. The number of furan rings is 1. The zero-order valence-electron chi connectivity index (χ0n) is 12.2. The SMILES string of the molecule is CC(C)N1CCNC(=O)[C@@H]1Cc1nc(-c2ccco2)n[nH]1. The highest BCUT2D eigenvalue weighted by molar-refractivity contribution is 5.82. The van der Waals surface area contributed by atoms with Crippen LogP contribution in [0.5, 0.6) is 0 Å². The smallest absolute Gasteiger partial charge is 0.237 e. The van der Waals surface area contributed by atoms with Crippen molar-refractivity contribution in [3.8, 4) is 11.6 Å². The molecule has 0 spiro atoms. The third-order valence-corrected chi connectivity index (χ3v) is 3.70. The molecule has 1 amide bonds. The number of nitrogens with one attached hydrogen (secondary N) is 2. The van der Waals surface area contributed by atoms with Gasteiger partial charge in [0.05, 0.1) is 12.3 Å². The maximum Gasteiger partial charge on any atom is 0.237 e. The molecule has 1 fully saturated rings. The summed E-state index contributed by atoms with van der Waals surface area (Å²) in [6.45, 7) is 5.75. The number of carbonyl (C=O) groups is 1. The van der Waals surface area contributed by atoms with Crippen LogP contribution in [0.4, 0.5) is 0 Å². The first kappa shape index (κ1) is 13.8. The van der Waals surface area contributed by atoms with Crippen molar-refractivity contribution in [3.63, 3.8) is 0 Å². The van der Waals surface area contributed by atoms with Gasteiger partial charge in [-0.05, 0) is 26.0 Å². The first-order valence-electron chi connectivity index (χ1n) is 7.14. The Morgan fingerprint density at radius 2 is 2.38 bits per heavy atom. The number of piperazine rings is 1. The van der Waals surface area contributed by atoms with Gasteiger partial charge in [0.15, 0.2) is 5.76 Å². The number of nitrogens with zero attached hydrogens (tertiary/aromatic N) is 3. The number of rotatable bonds is 4. The molecule has 2 aromatic rings. The molecule has 2 N–H and O–H groups in total. The van der Waals surface area contributed by atoms with Gasteiger partial charge in [-0.3, -0.25) is 14.8 Å². The number of aromatic nitrogens is 3. The van der Waals surface area contributed by atoms with Crippen molar-refractivity contribution in [1.82, 2.24) is 25.4 Å². The lowest BCUT2D eigenvalue weighted by Crippen LogP contribution is -2.58.